The molecule has 2 aliphatic rings. The largest absolute Gasteiger partial charge is 0.379 e. The molecular weight excluding hydrogens is 449 g/mol. The van der Waals surface area contributed by atoms with Gasteiger partial charge in [0, 0.05) is 30.9 Å². The van der Waals surface area contributed by atoms with Gasteiger partial charge in [0.1, 0.15) is 12.4 Å². The molecule has 2 amide bonds. The lowest BCUT2D eigenvalue weighted by atomic mass is 10.1. The number of halogens is 1. The molecule has 1 saturated heterocycles. The summed E-state index contributed by atoms with van der Waals surface area (Å²) in [6.07, 6.45) is 1.34. The molecule has 0 atom stereocenters. The van der Waals surface area contributed by atoms with Gasteiger partial charge in [0.15, 0.2) is 0 Å². The van der Waals surface area contributed by atoms with E-state index in [-0.39, 0.29) is 23.8 Å². The van der Waals surface area contributed by atoms with Crippen LogP contribution < -0.4 is 10.2 Å². The molecule has 0 aliphatic carbocycles. The summed E-state index contributed by atoms with van der Waals surface area (Å²) in [4.78, 5) is 27.0. The van der Waals surface area contributed by atoms with Gasteiger partial charge < -0.3 is 15.0 Å². The van der Waals surface area contributed by atoms with Crippen molar-refractivity contribution >= 4 is 33.2 Å². The fourth-order valence-electron chi connectivity index (χ4n) is 4.10. The van der Waals surface area contributed by atoms with Gasteiger partial charge in [-0.3, -0.25) is 9.59 Å². The first-order chi connectivity index (χ1) is 15.8. The zero-order chi connectivity index (χ0) is 23.6. The number of hydrogen-bond acceptors (Lipinski definition) is 5. The van der Waals surface area contributed by atoms with Gasteiger partial charge in [0.05, 0.1) is 18.1 Å². The Kier molecular flexibility index (Phi) is 6.78. The highest BCUT2D eigenvalue weighted by Crippen LogP contribution is 2.30. The molecule has 2 aromatic rings. The molecule has 0 unspecified atom stereocenters. The summed E-state index contributed by atoms with van der Waals surface area (Å²) in [6.45, 7) is 2.77. The van der Waals surface area contributed by atoms with Gasteiger partial charge in [-0.2, -0.15) is 4.31 Å². The Balaban J connectivity index is 1.57. The van der Waals surface area contributed by atoms with Crippen molar-refractivity contribution in [1.82, 2.24) is 4.31 Å². The molecule has 8 nitrogen and oxygen atoms in total. The number of morpholine rings is 1. The van der Waals surface area contributed by atoms with E-state index in [0.717, 1.165) is 0 Å². The van der Waals surface area contributed by atoms with E-state index in [2.05, 4.69) is 5.32 Å². The lowest BCUT2D eigenvalue weighted by molar-refractivity contribution is -0.121. The minimum absolute atomic E-state index is 0.170. The van der Waals surface area contributed by atoms with E-state index < -0.39 is 21.7 Å². The molecule has 33 heavy (non-hydrogen) atoms. The third-order valence-electron chi connectivity index (χ3n) is 5.85. The molecule has 0 bridgehead atoms. The van der Waals surface area contributed by atoms with Crippen LogP contribution in [0.1, 0.15) is 24.0 Å². The number of carbonyl (C=O) groups is 2. The molecule has 2 aliphatic heterocycles. The summed E-state index contributed by atoms with van der Waals surface area (Å²) in [7, 11) is -3.67. The normalized spacial score (nSPS) is 17.4. The van der Waals surface area contributed by atoms with Crippen LogP contribution >= 0.6 is 0 Å². The molecule has 1 fully saturated rings. The van der Waals surface area contributed by atoms with Crippen molar-refractivity contribution in [2.75, 3.05) is 43.1 Å². The number of rotatable bonds is 5. The Morgan fingerprint density at radius 2 is 1.88 bits per heavy atom. The van der Waals surface area contributed by atoms with Crippen LogP contribution in [0.15, 0.2) is 41.3 Å². The number of benzene rings is 2. The van der Waals surface area contributed by atoms with Gasteiger partial charge in [-0.25, -0.2) is 12.8 Å². The second kappa shape index (κ2) is 9.58. The summed E-state index contributed by atoms with van der Waals surface area (Å²) in [5, 5.41) is 2.72. The van der Waals surface area contributed by atoms with E-state index in [1.54, 1.807) is 19.1 Å². The maximum Gasteiger partial charge on any atom is 0.244 e. The zero-order valence-electron chi connectivity index (χ0n) is 18.3. The molecule has 0 saturated carbocycles. The van der Waals surface area contributed by atoms with Gasteiger partial charge in [-0.15, -0.1) is 0 Å². The van der Waals surface area contributed by atoms with Crippen molar-refractivity contribution < 1.29 is 27.1 Å². The predicted octanol–water partition coefficient (Wildman–Crippen LogP) is 2.46. The van der Waals surface area contributed by atoms with Crippen LogP contribution in [0.25, 0.3) is 0 Å². The molecule has 0 radical (unpaired) electrons. The number of ether oxygens (including phenoxy) is 1. The predicted molar refractivity (Wildman–Crippen MR) is 121 cm³/mol. The Bertz CT molecular complexity index is 1180. The summed E-state index contributed by atoms with van der Waals surface area (Å²) in [5.74, 6) is -1.02. The van der Waals surface area contributed by atoms with Gasteiger partial charge in [-0.05, 0) is 67.3 Å². The van der Waals surface area contributed by atoms with Crippen LogP contribution in [0, 0.1) is 12.7 Å². The summed E-state index contributed by atoms with van der Waals surface area (Å²) < 4.78 is 46.1. The van der Waals surface area contributed by atoms with E-state index in [4.69, 9.17) is 4.74 Å². The number of aryl methyl sites for hydroxylation is 2. The highest BCUT2D eigenvalue weighted by atomic mass is 32.2. The number of nitrogens with one attached hydrogen (secondary N) is 1. The average Bonchev–Trinajstić information content (AvgIpc) is 2.94. The number of carbonyl (C=O) groups excluding carboxylic acids is 2. The molecule has 1 N–H and O–H groups in total. The quantitative estimate of drug-likeness (QED) is 0.717. The maximum absolute atomic E-state index is 13.3. The van der Waals surface area contributed by atoms with E-state index in [9.17, 15) is 22.4 Å². The smallest absolute Gasteiger partial charge is 0.244 e. The molecule has 10 heteroatoms. The third kappa shape index (κ3) is 5.07. The highest BCUT2D eigenvalue weighted by Gasteiger charge is 2.29. The lowest BCUT2D eigenvalue weighted by Crippen LogP contribution is -2.40. The molecule has 0 aromatic heterocycles. The first-order valence-electron chi connectivity index (χ1n) is 10.8. The van der Waals surface area contributed by atoms with Gasteiger partial charge in [0.2, 0.25) is 21.8 Å². The summed E-state index contributed by atoms with van der Waals surface area (Å²) >= 11 is 0. The standard InChI is InChI=1S/C23H26FN3O5S/c1-16-13-18(24)5-7-20(16)25-22(28)15-27-21-8-6-19(14-17(21)3-2-4-23(27)29)33(30,31)26-9-11-32-12-10-26/h5-8,13-14H,2-4,9-12,15H2,1H3,(H,25,28). The Hall–Kier alpha value is -2.82. The third-order valence-corrected chi connectivity index (χ3v) is 7.75. The number of nitrogens with zero attached hydrogens (tertiary/aromatic N) is 2. The van der Waals surface area contributed by atoms with Gasteiger partial charge in [-0.1, -0.05) is 0 Å². The molecule has 4 rings (SSSR count). The van der Waals surface area contributed by atoms with Crippen LogP contribution in [-0.2, 0) is 30.8 Å². The minimum atomic E-state index is -3.67. The van der Waals surface area contributed by atoms with Gasteiger partial charge >= 0.3 is 0 Å². The SMILES string of the molecule is Cc1cc(F)ccc1NC(=O)CN1C(=O)CCCc2cc(S(=O)(=O)N3CCOCC3)ccc21. The minimum Gasteiger partial charge on any atom is -0.379 e. The van der Waals surface area contributed by atoms with Gasteiger partial charge in [0.25, 0.3) is 0 Å². The number of anilines is 2. The van der Waals surface area contributed by atoms with Crippen LogP contribution in [0.5, 0.6) is 0 Å². The second-order valence-electron chi connectivity index (χ2n) is 8.15. The fraction of sp³-hybridized carbons (Fsp3) is 0.391. The van der Waals surface area contributed by atoms with Crippen LogP contribution in [0.2, 0.25) is 0 Å². The van der Waals surface area contributed by atoms with Crippen LogP contribution in [0.3, 0.4) is 0 Å². The Morgan fingerprint density at radius 1 is 1.12 bits per heavy atom. The zero-order valence-corrected chi connectivity index (χ0v) is 19.2. The summed E-state index contributed by atoms with van der Waals surface area (Å²) in [5.41, 5.74) is 2.28. The molecule has 2 heterocycles. The molecule has 2 aromatic carbocycles. The van der Waals surface area contributed by atoms with E-state index in [1.165, 1.54) is 33.5 Å². The topological polar surface area (TPSA) is 96.0 Å². The van der Waals surface area contributed by atoms with Crippen molar-refractivity contribution in [2.24, 2.45) is 0 Å². The number of fused-ring (bicyclic) bond motifs is 1. The fourth-order valence-corrected chi connectivity index (χ4v) is 5.55. The number of hydrogen-bond donors (Lipinski definition) is 1. The molecule has 176 valence electrons. The van der Waals surface area contributed by atoms with E-state index in [0.29, 0.717) is 61.6 Å². The summed E-state index contributed by atoms with van der Waals surface area (Å²) in [6, 6.07) is 8.74. The van der Waals surface area contributed by atoms with Crippen molar-refractivity contribution in [2.45, 2.75) is 31.1 Å². The van der Waals surface area contributed by atoms with Crippen molar-refractivity contribution in [1.29, 1.82) is 0 Å². The van der Waals surface area contributed by atoms with Crippen molar-refractivity contribution in [3.05, 3.63) is 53.3 Å². The highest BCUT2D eigenvalue weighted by molar-refractivity contribution is 7.89. The maximum atomic E-state index is 13.3. The lowest BCUT2D eigenvalue weighted by Gasteiger charge is -2.27. The molecular formula is C23H26FN3O5S. The van der Waals surface area contributed by atoms with E-state index in [1.807, 2.05) is 0 Å². The first-order valence-corrected chi connectivity index (χ1v) is 12.3. The number of amides is 2. The first kappa shape index (κ1) is 23.3. The van der Waals surface area contributed by atoms with Crippen LogP contribution in [-0.4, -0.2) is 57.4 Å². The monoisotopic (exact) mass is 475 g/mol. The van der Waals surface area contributed by atoms with Crippen molar-refractivity contribution in [3.63, 3.8) is 0 Å². The Labute approximate surface area is 192 Å². The average molecular weight is 476 g/mol. The molecule has 0 spiro atoms. The van der Waals surface area contributed by atoms with Crippen LogP contribution in [0.4, 0.5) is 15.8 Å². The Morgan fingerprint density at radius 3 is 2.61 bits per heavy atom. The van der Waals surface area contributed by atoms with Crippen molar-refractivity contribution in [3.8, 4) is 0 Å². The van der Waals surface area contributed by atoms with E-state index >= 15 is 0 Å². The number of sulfonamides is 1. The second-order valence-corrected chi connectivity index (χ2v) is 10.1.